The highest BCUT2D eigenvalue weighted by molar-refractivity contribution is 14.0. The molecule has 0 atom stereocenters. The summed E-state index contributed by atoms with van der Waals surface area (Å²) >= 11 is 2.04. The zero-order chi connectivity index (χ0) is 15.3. The number of hydrogen-bond acceptors (Lipinski definition) is 2. The maximum Gasteiger partial charge on any atom is 0.390 e. The summed E-state index contributed by atoms with van der Waals surface area (Å²) in [5.74, 6) is 1.64. The van der Waals surface area contributed by atoms with Gasteiger partial charge in [0.2, 0.25) is 0 Å². The Bertz CT molecular complexity index is 365. The van der Waals surface area contributed by atoms with E-state index in [1.54, 1.807) is 7.05 Å². The van der Waals surface area contributed by atoms with E-state index in [-0.39, 0.29) is 35.3 Å². The van der Waals surface area contributed by atoms with Crippen molar-refractivity contribution >= 4 is 41.7 Å². The molecule has 0 aromatic carbocycles. The van der Waals surface area contributed by atoms with Gasteiger partial charge in [-0.25, -0.2) is 0 Å². The van der Waals surface area contributed by atoms with Crippen LogP contribution in [0, 0.1) is 0 Å². The molecule has 2 fully saturated rings. The van der Waals surface area contributed by atoms with Crippen molar-refractivity contribution in [2.24, 2.45) is 4.99 Å². The molecule has 1 saturated carbocycles. The van der Waals surface area contributed by atoms with Gasteiger partial charge >= 0.3 is 6.18 Å². The largest absolute Gasteiger partial charge is 0.390 e. The van der Waals surface area contributed by atoms with Gasteiger partial charge in [0.15, 0.2) is 5.96 Å². The maximum absolute atomic E-state index is 12.2. The normalized spacial score (nSPS) is 22.4. The van der Waals surface area contributed by atoms with Gasteiger partial charge in [-0.05, 0) is 12.8 Å². The molecule has 1 N–H and O–H groups in total. The van der Waals surface area contributed by atoms with Crippen molar-refractivity contribution in [3.8, 4) is 0 Å². The lowest BCUT2D eigenvalue weighted by molar-refractivity contribution is -0.132. The number of hydrogen-bond donors (Lipinski definition) is 1. The van der Waals surface area contributed by atoms with Crippen molar-refractivity contribution in [3.05, 3.63) is 0 Å². The molecule has 1 aliphatic heterocycles. The maximum atomic E-state index is 12.2. The Morgan fingerprint density at radius 3 is 2.55 bits per heavy atom. The number of rotatable bonds is 2. The molecule has 0 radical (unpaired) electrons. The molecule has 8 heteroatoms. The molecule has 1 spiro atoms. The Labute approximate surface area is 151 Å². The number of thioether (sulfide) groups is 1. The van der Waals surface area contributed by atoms with Crippen LogP contribution in [-0.2, 0) is 0 Å². The molecular formula is C14H25F3IN3S. The minimum Gasteiger partial charge on any atom is -0.356 e. The Hall–Kier alpha value is 0.140. The van der Waals surface area contributed by atoms with Crippen LogP contribution in [0.15, 0.2) is 4.99 Å². The van der Waals surface area contributed by atoms with Gasteiger partial charge in [0, 0.05) is 37.2 Å². The average Bonchev–Trinajstić information content (AvgIpc) is 2.43. The van der Waals surface area contributed by atoms with Gasteiger partial charge in [0.05, 0.1) is 6.42 Å². The summed E-state index contributed by atoms with van der Waals surface area (Å²) in [6.07, 6.45) is 1.33. The fraction of sp³-hybridized carbons (Fsp3) is 0.929. The van der Waals surface area contributed by atoms with E-state index >= 15 is 0 Å². The van der Waals surface area contributed by atoms with Crippen LogP contribution in [0.25, 0.3) is 0 Å². The fourth-order valence-electron chi connectivity index (χ4n) is 3.17. The monoisotopic (exact) mass is 451 g/mol. The molecule has 2 rings (SSSR count). The molecule has 130 valence electrons. The minimum absolute atomic E-state index is 0. The second kappa shape index (κ2) is 8.84. The quantitative estimate of drug-likeness (QED) is 0.393. The summed E-state index contributed by atoms with van der Waals surface area (Å²) in [4.78, 5) is 6.30. The van der Waals surface area contributed by atoms with Crippen molar-refractivity contribution in [1.29, 1.82) is 0 Å². The van der Waals surface area contributed by atoms with E-state index < -0.39 is 12.6 Å². The van der Waals surface area contributed by atoms with Crippen molar-refractivity contribution in [3.63, 3.8) is 0 Å². The first-order valence-corrected chi connectivity index (χ1v) is 8.59. The highest BCUT2D eigenvalue weighted by atomic mass is 127. The van der Waals surface area contributed by atoms with E-state index in [4.69, 9.17) is 0 Å². The number of nitrogens with one attached hydrogen (secondary N) is 1. The van der Waals surface area contributed by atoms with Crippen LogP contribution >= 0.6 is 35.7 Å². The lowest BCUT2D eigenvalue weighted by Gasteiger charge is -2.45. The molecule has 0 aromatic heterocycles. The molecule has 22 heavy (non-hydrogen) atoms. The van der Waals surface area contributed by atoms with Gasteiger partial charge < -0.3 is 10.2 Å². The van der Waals surface area contributed by atoms with Gasteiger partial charge in [-0.1, -0.05) is 19.3 Å². The van der Waals surface area contributed by atoms with E-state index in [1.807, 2.05) is 11.8 Å². The van der Waals surface area contributed by atoms with Crippen molar-refractivity contribution in [2.75, 3.05) is 32.4 Å². The summed E-state index contributed by atoms with van der Waals surface area (Å²) in [5.41, 5.74) is 0. The van der Waals surface area contributed by atoms with E-state index in [9.17, 15) is 13.2 Å². The standard InChI is InChI=1S/C14H24F3N3S.HI/c1-18-12(19-8-7-14(15,16)17)20-9-10-21-13(11-20)5-3-2-4-6-13;/h2-11H2,1H3,(H,18,19);1H. The summed E-state index contributed by atoms with van der Waals surface area (Å²) < 4.78 is 37.0. The summed E-state index contributed by atoms with van der Waals surface area (Å²) in [5, 5.41) is 2.86. The molecule has 1 aliphatic carbocycles. The minimum atomic E-state index is -4.12. The SMILES string of the molecule is CN=C(NCCC(F)(F)F)N1CCSC2(CCCCC2)C1.I. The van der Waals surface area contributed by atoms with Crippen molar-refractivity contribution in [2.45, 2.75) is 49.4 Å². The third-order valence-corrected chi connectivity index (χ3v) is 5.75. The summed E-state index contributed by atoms with van der Waals surface area (Å²) in [7, 11) is 1.64. The van der Waals surface area contributed by atoms with Crippen LogP contribution in [0.1, 0.15) is 38.5 Å². The van der Waals surface area contributed by atoms with Gasteiger partial charge in [-0.15, -0.1) is 24.0 Å². The lowest BCUT2D eigenvalue weighted by Crippen LogP contribution is -2.53. The molecule has 1 heterocycles. The van der Waals surface area contributed by atoms with Crippen LogP contribution in [0.4, 0.5) is 13.2 Å². The van der Waals surface area contributed by atoms with E-state index in [2.05, 4.69) is 15.2 Å². The van der Waals surface area contributed by atoms with E-state index in [1.165, 1.54) is 32.1 Å². The smallest absolute Gasteiger partial charge is 0.356 e. The summed E-state index contributed by atoms with van der Waals surface area (Å²) in [6, 6.07) is 0. The van der Waals surface area contributed by atoms with Gasteiger partial charge in [-0.2, -0.15) is 24.9 Å². The summed E-state index contributed by atoms with van der Waals surface area (Å²) in [6.45, 7) is 1.66. The number of aliphatic imine (C=N–C) groups is 1. The van der Waals surface area contributed by atoms with Crippen molar-refractivity contribution in [1.82, 2.24) is 10.2 Å². The molecule has 1 saturated heterocycles. The zero-order valence-electron chi connectivity index (χ0n) is 12.9. The third kappa shape index (κ3) is 5.98. The van der Waals surface area contributed by atoms with Gasteiger partial charge in [0.1, 0.15) is 0 Å². The fourth-order valence-corrected chi connectivity index (χ4v) is 4.74. The Balaban J connectivity index is 0.00000242. The van der Waals surface area contributed by atoms with Crippen LogP contribution in [-0.4, -0.2) is 54.2 Å². The van der Waals surface area contributed by atoms with Crippen LogP contribution in [0.3, 0.4) is 0 Å². The molecule has 2 aliphatic rings. The van der Waals surface area contributed by atoms with E-state index in [0.29, 0.717) is 5.96 Å². The van der Waals surface area contributed by atoms with Gasteiger partial charge in [0.25, 0.3) is 0 Å². The predicted octanol–water partition coefficient (Wildman–Crippen LogP) is 3.88. The topological polar surface area (TPSA) is 27.6 Å². The number of nitrogens with zero attached hydrogens (tertiary/aromatic N) is 2. The number of guanidine groups is 1. The third-order valence-electron chi connectivity index (χ3n) is 4.22. The Morgan fingerprint density at radius 2 is 1.95 bits per heavy atom. The van der Waals surface area contributed by atoms with Crippen LogP contribution in [0.2, 0.25) is 0 Å². The van der Waals surface area contributed by atoms with Crippen LogP contribution in [0.5, 0.6) is 0 Å². The Kier molecular flexibility index (Phi) is 8.11. The Morgan fingerprint density at radius 1 is 1.27 bits per heavy atom. The highest BCUT2D eigenvalue weighted by Crippen LogP contribution is 2.42. The van der Waals surface area contributed by atoms with Crippen LogP contribution < -0.4 is 5.32 Å². The number of alkyl halides is 3. The van der Waals surface area contributed by atoms with E-state index in [0.717, 1.165) is 18.8 Å². The first kappa shape index (κ1) is 20.2. The first-order chi connectivity index (χ1) is 9.94. The molecular weight excluding hydrogens is 426 g/mol. The second-order valence-corrected chi connectivity index (χ2v) is 7.42. The average molecular weight is 451 g/mol. The molecule has 0 aromatic rings. The second-order valence-electron chi connectivity index (χ2n) is 5.85. The lowest BCUT2D eigenvalue weighted by atomic mass is 9.87. The molecule has 0 unspecified atom stereocenters. The highest BCUT2D eigenvalue weighted by Gasteiger charge is 2.38. The molecule has 0 bridgehead atoms. The zero-order valence-corrected chi connectivity index (χ0v) is 16.1. The van der Waals surface area contributed by atoms with Crippen molar-refractivity contribution < 1.29 is 13.2 Å². The molecule has 3 nitrogen and oxygen atoms in total. The first-order valence-electron chi connectivity index (χ1n) is 7.60. The van der Waals surface area contributed by atoms with Gasteiger partial charge in [-0.3, -0.25) is 4.99 Å². The number of halogens is 4. The predicted molar refractivity (Wildman–Crippen MR) is 97.3 cm³/mol. The molecule has 0 amide bonds.